The maximum atomic E-state index is 12.7. The Kier molecular flexibility index (Phi) is 4.49. The van der Waals surface area contributed by atoms with Crippen LogP contribution in [0.2, 0.25) is 0 Å². The predicted molar refractivity (Wildman–Crippen MR) is 78.0 cm³/mol. The first-order chi connectivity index (χ1) is 9.37. The molecule has 1 aliphatic rings. The van der Waals surface area contributed by atoms with E-state index in [0.717, 1.165) is 23.1 Å². The van der Waals surface area contributed by atoms with Crippen LogP contribution in [0.3, 0.4) is 0 Å². The molecule has 112 valence electrons. The minimum atomic E-state index is -3.50. The molecule has 0 amide bonds. The highest BCUT2D eigenvalue weighted by Crippen LogP contribution is 2.26. The van der Waals surface area contributed by atoms with Gasteiger partial charge in [0.1, 0.15) is 0 Å². The largest absolute Gasteiger partial charge is 0.380 e. The van der Waals surface area contributed by atoms with Crippen molar-refractivity contribution in [1.82, 2.24) is 4.31 Å². The van der Waals surface area contributed by atoms with Crippen molar-refractivity contribution < 1.29 is 13.2 Å². The van der Waals surface area contributed by atoms with Crippen LogP contribution in [0.25, 0.3) is 0 Å². The van der Waals surface area contributed by atoms with Gasteiger partial charge in [-0.1, -0.05) is 6.07 Å². The van der Waals surface area contributed by atoms with Gasteiger partial charge in [0.25, 0.3) is 0 Å². The van der Waals surface area contributed by atoms with E-state index in [2.05, 4.69) is 0 Å². The van der Waals surface area contributed by atoms with Gasteiger partial charge < -0.3 is 10.5 Å². The summed E-state index contributed by atoms with van der Waals surface area (Å²) in [6.07, 6.45) is 0.740. The summed E-state index contributed by atoms with van der Waals surface area (Å²) >= 11 is 0. The molecular formula is C14H22N2O3S. The number of ether oxygens (including phenoxy) is 1. The highest BCUT2D eigenvalue weighted by molar-refractivity contribution is 7.89. The quantitative estimate of drug-likeness (QED) is 0.905. The zero-order valence-electron chi connectivity index (χ0n) is 12.2. The molecule has 1 unspecified atom stereocenters. The number of hydrogen-bond donors (Lipinski definition) is 1. The van der Waals surface area contributed by atoms with Gasteiger partial charge in [-0.3, -0.25) is 0 Å². The van der Waals surface area contributed by atoms with E-state index in [9.17, 15) is 8.42 Å². The van der Waals surface area contributed by atoms with Gasteiger partial charge in [-0.15, -0.1) is 0 Å². The zero-order valence-corrected chi connectivity index (χ0v) is 13.0. The van der Waals surface area contributed by atoms with Crippen molar-refractivity contribution in [2.45, 2.75) is 37.8 Å². The summed E-state index contributed by atoms with van der Waals surface area (Å²) in [5, 5.41) is 0. The molecule has 5 nitrogen and oxygen atoms in total. The first kappa shape index (κ1) is 15.4. The minimum Gasteiger partial charge on any atom is -0.380 e. The molecule has 0 aromatic heterocycles. The number of rotatable bonds is 4. The van der Waals surface area contributed by atoms with Gasteiger partial charge >= 0.3 is 0 Å². The van der Waals surface area contributed by atoms with Crippen LogP contribution in [-0.4, -0.2) is 39.0 Å². The van der Waals surface area contributed by atoms with E-state index in [1.54, 1.807) is 13.1 Å². The van der Waals surface area contributed by atoms with Crippen LogP contribution in [-0.2, 0) is 21.3 Å². The van der Waals surface area contributed by atoms with Gasteiger partial charge in [0.15, 0.2) is 0 Å². The van der Waals surface area contributed by atoms with Gasteiger partial charge in [0.2, 0.25) is 10.0 Å². The van der Waals surface area contributed by atoms with Crippen LogP contribution in [0.5, 0.6) is 0 Å². The molecule has 1 fully saturated rings. The predicted octanol–water partition coefficient (Wildman–Crippen LogP) is 1.17. The molecule has 1 saturated heterocycles. The molecule has 0 aliphatic carbocycles. The van der Waals surface area contributed by atoms with Crippen molar-refractivity contribution in [3.63, 3.8) is 0 Å². The maximum Gasteiger partial charge on any atom is 0.243 e. The normalized spacial score (nSPS) is 19.8. The van der Waals surface area contributed by atoms with Gasteiger partial charge in [-0.2, -0.15) is 4.31 Å². The Labute approximate surface area is 120 Å². The molecular weight excluding hydrogens is 276 g/mol. The third-order valence-corrected chi connectivity index (χ3v) is 5.98. The molecule has 1 heterocycles. The van der Waals surface area contributed by atoms with E-state index < -0.39 is 10.0 Å². The first-order valence-electron chi connectivity index (χ1n) is 6.74. The van der Waals surface area contributed by atoms with Crippen molar-refractivity contribution >= 4 is 10.0 Å². The van der Waals surface area contributed by atoms with Crippen molar-refractivity contribution in [3.8, 4) is 0 Å². The number of benzene rings is 1. The summed E-state index contributed by atoms with van der Waals surface area (Å²) in [5.74, 6) is 0. The second-order valence-electron chi connectivity index (χ2n) is 5.29. The average Bonchev–Trinajstić information content (AvgIpc) is 2.91. The van der Waals surface area contributed by atoms with Gasteiger partial charge in [0, 0.05) is 20.2 Å². The SMILES string of the molecule is Cc1cc(C)c(S(=O)(=O)N(C)C2CCOC2)cc1CN. The van der Waals surface area contributed by atoms with Gasteiger partial charge in [-0.25, -0.2) is 8.42 Å². The molecule has 20 heavy (non-hydrogen) atoms. The van der Waals surface area contributed by atoms with E-state index in [4.69, 9.17) is 10.5 Å². The summed E-state index contributed by atoms with van der Waals surface area (Å²) in [5.41, 5.74) is 8.33. The molecule has 1 aromatic carbocycles. The summed E-state index contributed by atoms with van der Waals surface area (Å²) in [6.45, 7) is 5.18. The molecule has 1 aromatic rings. The van der Waals surface area contributed by atoms with Crippen molar-refractivity contribution in [2.75, 3.05) is 20.3 Å². The van der Waals surface area contributed by atoms with E-state index in [1.165, 1.54) is 4.31 Å². The number of likely N-dealkylation sites (N-methyl/N-ethyl adjacent to an activating group) is 1. The molecule has 0 spiro atoms. The van der Waals surface area contributed by atoms with Crippen LogP contribution < -0.4 is 5.73 Å². The lowest BCUT2D eigenvalue weighted by atomic mass is 10.1. The summed E-state index contributed by atoms with van der Waals surface area (Å²) < 4.78 is 32.2. The molecule has 2 N–H and O–H groups in total. The van der Waals surface area contributed by atoms with E-state index in [1.807, 2.05) is 19.9 Å². The number of nitrogens with zero attached hydrogens (tertiary/aromatic N) is 1. The Morgan fingerprint density at radius 2 is 2.05 bits per heavy atom. The summed E-state index contributed by atoms with van der Waals surface area (Å²) in [4.78, 5) is 0.345. The molecule has 2 rings (SSSR count). The minimum absolute atomic E-state index is 0.0815. The van der Waals surface area contributed by atoms with Crippen LogP contribution >= 0.6 is 0 Å². The molecule has 1 aliphatic heterocycles. The third kappa shape index (κ3) is 2.74. The molecule has 0 saturated carbocycles. The standard InChI is InChI=1S/C14H22N2O3S/c1-10-6-11(2)14(7-12(10)8-15)20(17,18)16(3)13-4-5-19-9-13/h6-7,13H,4-5,8-9,15H2,1-3H3. The monoisotopic (exact) mass is 298 g/mol. The lowest BCUT2D eigenvalue weighted by molar-refractivity contribution is 0.181. The average molecular weight is 298 g/mol. The smallest absolute Gasteiger partial charge is 0.243 e. The van der Waals surface area contributed by atoms with E-state index >= 15 is 0 Å². The Bertz CT molecular complexity index is 593. The lowest BCUT2D eigenvalue weighted by Crippen LogP contribution is -2.37. The molecule has 0 bridgehead atoms. The number of hydrogen-bond acceptors (Lipinski definition) is 4. The fourth-order valence-corrected chi connectivity index (χ4v) is 4.16. The topological polar surface area (TPSA) is 72.6 Å². The highest BCUT2D eigenvalue weighted by Gasteiger charge is 2.31. The Balaban J connectivity index is 2.43. The second-order valence-corrected chi connectivity index (χ2v) is 7.25. The zero-order chi connectivity index (χ0) is 14.9. The van der Waals surface area contributed by atoms with E-state index in [-0.39, 0.29) is 6.04 Å². The van der Waals surface area contributed by atoms with Gasteiger partial charge in [-0.05, 0) is 43.0 Å². The van der Waals surface area contributed by atoms with Crippen molar-refractivity contribution in [1.29, 1.82) is 0 Å². The third-order valence-electron chi connectivity index (χ3n) is 3.93. The molecule has 1 atom stereocenters. The van der Waals surface area contributed by atoms with Crippen LogP contribution in [0, 0.1) is 13.8 Å². The first-order valence-corrected chi connectivity index (χ1v) is 8.18. The van der Waals surface area contributed by atoms with E-state index in [0.29, 0.717) is 24.7 Å². The van der Waals surface area contributed by atoms with Crippen LogP contribution in [0.15, 0.2) is 17.0 Å². The molecule has 0 radical (unpaired) electrons. The Morgan fingerprint density at radius 1 is 1.35 bits per heavy atom. The van der Waals surface area contributed by atoms with Crippen molar-refractivity contribution in [3.05, 3.63) is 28.8 Å². The number of nitrogens with two attached hydrogens (primary N) is 1. The Hall–Kier alpha value is -0.950. The Morgan fingerprint density at radius 3 is 2.60 bits per heavy atom. The number of sulfonamides is 1. The lowest BCUT2D eigenvalue weighted by Gasteiger charge is -2.24. The van der Waals surface area contributed by atoms with Crippen molar-refractivity contribution in [2.24, 2.45) is 5.73 Å². The van der Waals surface area contributed by atoms with Crippen LogP contribution in [0.1, 0.15) is 23.1 Å². The molecule has 6 heteroatoms. The maximum absolute atomic E-state index is 12.7. The summed E-state index contributed by atoms with van der Waals surface area (Å²) in [7, 11) is -1.88. The van der Waals surface area contributed by atoms with Crippen LogP contribution in [0.4, 0.5) is 0 Å². The second kappa shape index (κ2) is 5.81. The van der Waals surface area contributed by atoms with Gasteiger partial charge in [0.05, 0.1) is 17.5 Å². The number of aryl methyl sites for hydroxylation is 2. The summed E-state index contributed by atoms with van der Waals surface area (Å²) in [6, 6.07) is 3.50. The highest BCUT2D eigenvalue weighted by atomic mass is 32.2. The fourth-order valence-electron chi connectivity index (χ4n) is 2.53. The fraction of sp³-hybridized carbons (Fsp3) is 0.571.